The van der Waals surface area contributed by atoms with E-state index in [0.717, 1.165) is 0 Å². The molecule has 1 aromatic heterocycles. The Bertz CT molecular complexity index is 1420. The number of nitrogens with zero attached hydrogens (tertiary/aromatic N) is 2. The number of hydrogen-bond acceptors (Lipinski definition) is 6. The third-order valence-electron chi connectivity index (χ3n) is 5.32. The monoisotopic (exact) mass is 528 g/mol. The number of carbonyl (C=O) groups is 1. The summed E-state index contributed by atoms with van der Waals surface area (Å²) in [5.74, 6) is 0.607. The molecule has 4 aromatic rings. The van der Waals surface area contributed by atoms with Crippen LogP contribution >= 0.6 is 0 Å². The van der Waals surface area contributed by atoms with Crippen LogP contribution in [0.3, 0.4) is 0 Å². The second-order valence-electron chi connectivity index (χ2n) is 8.10. The number of benzene rings is 3. The molecule has 0 fully saturated rings. The number of hydrogen-bond donors (Lipinski definition) is 1. The molecule has 0 bridgehead atoms. The number of aromatic nitrogens is 2. The van der Waals surface area contributed by atoms with Gasteiger partial charge in [0.15, 0.2) is 6.61 Å². The van der Waals surface area contributed by atoms with E-state index in [1.165, 1.54) is 18.2 Å². The maximum Gasteiger partial charge on any atom is 0.573 e. The zero-order valence-corrected chi connectivity index (χ0v) is 20.4. The van der Waals surface area contributed by atoms with Gasteiger partial charge in [-0.1, -0.05) is 6.07 Å². The summed E-state index contributed by atoms with van der Waals surface area (Å²) in [5.41, 5.74) is 2.32. The molecule has 198 valence electrons. The van der Waals surface area contributed by atoms with Gasteiger partial charge >= 0.3 is 12.3 Å². The number of carboxylic acid groups (broad SMARTS) is 1. The Morgan fingerprint density at radius 3 is 2.37 bits per heavy atom. The van der Waals surface area contributed by atoms with Crippen LogP contribution in [0.15, 0.2) is 72.9 Å². The molecule has 4 rings (SSSR count). The number of rotatable bonds is 10. The van der Waals surface area contributed by atoms with Gasteiger partial charge in [0.2, 0.25) is 0 Å². The van der Waals surface area contributed by atoms with Crippen molar-refractivity contribution in [2.24, 2.45) is 0 Å². The van der Waals surface area contributed by atoms with Crippen LogP contribution in [0.4, 0.5) is 13.2 Å². The normalized spacial score (nSPS) is 11.2. The lowest BCUT2D eigenvalue weighted by Gasteiger charge is -2.12. The van der Waals surface area contributed by atoms with Crippen LogP contribution in [-0.4, -0.2) is 40.7 Å². The summed E-state index contributed by atoms with van der Waals surface area (Å²) in [7, 11) is 1.55. The number of carboxylic acids is 1. The Morgan fingerprint density at radius 1 is 0.974 bits per heavy atom. The fourth-order valence-electron chi connectivity index (χ4n) is 3.64. The van der Waals surface area contributed by atoms with E-state index in [0.29, 0.717) is 45.6 Å². The van der Waals surface area contributed by atoms with Crippen molar-refractivity contribution in [1.82, 2.24) is 9.55 Å². The molecule has 38 heavy (non-hydrogen) atoms. The van der Waals surface area contributed by atoms with Crippen molar-refractivity contribution >= 4 is 5.97 Å². The smallest absolute Gasteiger partial charge is 0.497 e. The molecule has 0 aliphatic rings. The zero-order chi connectivity index (χ0) is 27.3. The molecule has 0 unspecified atom stereocenters. The molecule has 0 radical (unpaired) electrons. The second kappa shape index (κ2) is 11.2. The fraction of sp³-hybridized carbons (Fsp3) is 0.185. The van der Waals surface area contributed by atoms with Crippen LogP contribution in [-0.2, 0) is 11.4 Å². The third kappa shape index (κ3) is 6.75. The van der Waals surface area contributed by atoms with Gasteiger partial charge in [0.1, 0.15) is 35.4 Å². The second-order valence-corrected chi connectivity index (χ2v) is 8.10. The zero-order valence-electron chi connectivity index (χ0n) is 20.4. The maximum atomic E-state index is 12.8. The first-order valence-electron chi connectivity index (χ1n) is 11.3. The highest BCUT2D eigenvalue weighted by molar-refractivity contribution is 5.68. The van der Waals surface area contributed by atoms with E-state index in [9.17, 15) is 18.0 Å². The SMILES string of the molecule is COc1ccc(-c2nc(COc3ccc(OCC(=O)O)c(C)c3)cn2-c2cccc(OC(F)(F)F)c2)cc1. The number of imidazole rings is 1. The number of aryl methyl sites for hydroxylation is 1. The van der Waals surface area contributed by atoms with E-state index < -0.39 is 18.9 Å². The molecule has 0 aliphatic heterocycles. The van der Waals surface area contributed by atoms with E-state index in [4.69, 9.17) is 19.3 Å². The average Bonchev–Trinajstić information content (AvgIpc) is 3.30. The van der Waals surface area contributed by atoms with Gasteiger partial charge in [-0.2, -0.15) is 0 Å². The molecule has 0 amide bonds. The van der Waals surface area contributed by atoms with Crippen molar-refractivity contribution < 1.29 is 42.0 Å². The maximum absolute atomic E-state index is 12.8. The minimum atomic E-state index is -4.82. The van der Waals surface area contributed by atoms with Gasteiger partial charge in [-0.3, -0.25) is 4.57 Å². The third-order valence-corrected chi connectivity index (χ3v) is 5.32. The first kappa shape index (κ1) is 26.4. The summed E-state index contributed by atoms with van der Waals surface area (Å²) in [6.07, 6.45) is -3.15. The van der Waals surface area contributed by atoms with Crippen LogP contribution < -0.4 is 18.9 Å². The Labute approximate surface area is 215 Å². The average molecular weight is 528 g/mol. The topological polar surface area (TPSA) is 92.0 Å². The molecular weight excluding hydrogens is 505 g/mol. The van der Waals surface area contributed by atoms with Crippen molar-refractivity contribution in [3.63, 3.8) is 0 Å². The molecule has 0 atom stereocenters. The summed E-state index contributed by atoms with van der Waals surface area (Å²) in [6, 6.07) is 17.6. The summed E-state index contributed by atoms with van der Waals surface area (Å²) in [6.45, 7) is 1.36. The first-order valence-corrected chi connectivity index (χ1v) is 11.3. The lowest BCUT2D eigenvalue weighted by molar-refractivity contribution is -0.274. The summed E-state index contributed by atoms with van der Waals surface area (Å²) < 4.78 is 60.4. The summed E-state index contributed by atoms with van der Waals surface area (Å²) in [5, 5.41) is 8.79. The highest BCUT2D eigenvalue weighted by Crippen LogP contribution is 2.30. The molecule has 0 saturated heterocycles. The quantitative estimate of drug-likeness (QED) is 0.278. The molecule has 3 aromatic carbocycles. The van der Waals surface area contributed by atoms with E-state index in [1.807, 2.05) is 0 Å². The molecule has 8 nitrogen and oxygen atoms in total. The first-order chi connectivity index (χ1) is 18.1. The van der Waals surface area contributed by atoms with Crippen LogP contribution in [0.1, 0.15) is 11.3 Å². The minimum absolute atomic E-state index is 0.0592. The Balaban J connectivity index is 1.62. The van der Waals surface area contributed by atoms with Gasteiger partial charge < -0.3 is 24.1 Å². The largest absolute Gasteiger partial charge is 0.573 e. The molecular formula is C27H23F3N2O6. The fourth-order valence-corrected chi connectivity index (χ4v) is 3.64. The Kier molecular flexibility index (Phi) is 7.75. The Morgan fingerprint density at radius 2 is 1.71 bits per heavy atom. The van der Waals surface area contributed by atoms with Crippen LogP contribution in [0.25, 0.3) is 17.1 Å². The molecule has 11 heteroatoms. The van der Waals surface area contributed by atoms with Crippen molar-refractivity contribution in [3.05, 3.63) is 84.2 Å². The standard InChI is InChI=1S/C27H23F3N2O6/c1-17-12-22(10-11-24(17)37-16-25(33)34)36-15-19-14-32(20-4-3-5-23(13-20)38-27(28,29)30)26(31-19)18-6-8-21(35-2)9-7-18/h3-14H,15-16H2,1-2H3,(H,33,34). The number of aliphatic carboxylic acids is 1. The lowest BCUT2D eigenvalue weighted by Crippen LogP contribution is -2.17. The van der Waals surface area contributed by atoms with Gasteiger partial charge in [0.05, 0.1) is 18.5 Å². The predicted octanol–water partition coefficient (Wildman–Crippen LogP) is 5.80. The summed E-state index contributed by atoms with van der Waals surface area (Å²) >= 11 is 0. The molecule has 0 aliphatic carbocycles. The van der Waals surface area contributed by atoms with Crippen molar-refractivity contribution in [2.45, 2.75) is 19.9 Å². The van der Waals surface area contributed by atoms with Crippen LogP contribution in [0.2, 0.25) is 0 Å². The van der Waals surface area contributed by atoms with E-state index in [2.05, 4.69) is 9.72 Å². The van der Waals surface area contributed by atoms with Crippen molar-refractivity contribution in [3.8, 4) is 40.1 Å². The van der Waals surface area contributed by atoms with Gasteiger partial charge in [-0.05, 0) is 67.1 Å². The number of methoxy groups -OCH3 is 1. The van der Waals surface area contributed by atoms with Crippen molar-refractivity contribution in [1.29, 1.82) is 0 Å². The molecule has 0 saturated carbocycles. The van der Waals surface area contributed by atoms with Crippen LogP contribution in [0.5, 0.6) is 23.0 Å². The predicted molar refractivity (Wildman–Crippen MR) is 131 cm³/mol. The molecule has 1 N–H and O–H groups in total. The van der Waals surface area contributed by atoms with Crippen LogP contribution in [0, 0.1) is 6.92 Å². The lowest BCUT2D eigenvalue weighted by atomic mass is 10.2. The summed E-state index contributed by atoms with van der Waals surface area (Å²) in [4.78, 5) is 15.4. The van der Waals surface area contributed by atoms with Gasteiger partial charge in [0, 0.05) is 17.8 Å². The van der Waals surface area contributed by atoms with Gasteiger partial charge in [-0.15, -0.1) is 13.2 Å². The highest BCUT2D eigenvalue weighted by atomic mass is 19.4. The number of ether oxygens (including phenoxy) is 4. The van der Waals surface area contributed by atoms with Crippen molar-refractivity contribution in [2.75, 3.05) is 13.7 Å². The molecule has 1 heterocycles. The minimum Gasteiger partial charge on any atom is -0.497 e. The Hall–Kier alpha value is -4.67. The highest BCUT2D eigenvalue weighted by Gasteiger charge is 2.31. The number of halogens is 3. The van der Waals surface area contributed by atoms with Gasteiger partial charge in [-0.25, -0.2) is 9.78 Å². The van der Waals surface area contributed by atoms with E-state index in [-0.39, 0.29) is 12.4 Å². The van der Waals surface area contributed by atoms with E-state index >= 15 is 0 Å². The number of alkyl halides is 3. The van der Waals surface area contributed by atoms with E-state index in [1.54, 1.807) is 73.3 Å². The molecule has 0 spiro atoms. The van der Waals surface area contributed by atoms with Gasteiger partial charge in [0.25, 0.3) is 0 Å².